The first-order valence-corrected chi connectivity index (χ1v) is 7.88. The third-order valence-electron chi connectivity index (χ3n) is 3.50. The predicted molar refractivity (Wildman–Crippen MR) is 101 cm³/mol. The molecule has 0 unspecified atom stereocenters. The normalized spacial score (nSPS) is 10.2. The number of hydrogen-bond acceptors (Lipinski definition) is 4. The molecule has 0 heterocycles. The van der Waals surface area contributed by atoms with Crippen molar-refractivity contribution < 1.29 is 9.47 Å². The first-order chi connectivity index (χ1) is 11.6. The summed E-state index contributed by atoms with van der Waals surface area (Å²) in [7, 11) is 0. The minimum absolute atomic E-state index is 0.436. The van der Waals surface area contributed by atoms with Gasteiger partial charge in [-0.15, -0.1) is 13.2 Å². The number of nitrogen functional groups attached to an aromatic ring is 2. The summed E-state index contributed by atoms with van der Waals surface area (Å²) in [4.78, 5) is 0. The third-order valence-corrected chi connectivity index (χ3v) is 3.50. The van der Waals surface area contributed by atoms with Crippen molar-refractivity contribution in [1.82, 2.24) is 0 Å². The minimum atomic E-state index is 0.436. The second kappa shape index (κ2) is 8.67. The molecule has 0 amide bonds. The number of allylic oxidation sites excluding steroid dienone is 2. The van der Waals surface area contributed by atoms with Gasteiger partial charge >= 0.3 is 0 Å². The van der Waals surface area contributed by atoms with Crippen LogP contribution in [0.3, 0.4) is 0 Å². The molecule has 0 fully saturated rings. The van der Waals surface area contributed by atoms with Crippen LogP contribution >= 0.6 is 0 Å². The first kappa shape index (κ1) is 17.5. The fourth-order valence-electron chi connectivity index (χ4n) is 2.41. The van der Waals surface area contributed by atoms with Crippen LogP contribution in [-0.2, 0) is 12.8 Å². The molecular formula is C20H24N2O2. The highest BCUT2D eigenvalue weighted by Gasteiger charge is 2.05. The van der Waals surface area contributed by atoms with E-state index in [1.165, 1.54) is 0 Å². The van der Waals surface area contributed by atoms with Gasteiger partial charge in [0.25, 0.3) is 0 Å². The van der Waals surface area contributed by atoms with Gasteiger partial charge in [-0.25, -0.2) is 0 Å². The lowest BCUT2D eigenvalue weighted by Gasteiger charge is -2.14. The van der Waals surface area contributed by atoms with Gasteiger partial charge in [-0.2, -0.15) is 0 Å². The van der Waals surface area contributed by atoms with Gasteiger partial charge in [-0.1, -0.05) is 12.2 Å². The van der Waals surface area contributed by atoms with Crippen molar-refractivity contribution in [2.24, 2.45) is 0 Å². The number of anilines is 2. The summed E-state index contributed by atoms with van der Waals surface area (Å²) in [5.41, 5.74) is 15.1. The monoisotopic (exact) mass is 324 g/mol. The fraction of sp³-hybridized carbons (Fsp3) is 0.200. The second-order valence-electron chi connectivity index (χ2n) is 5.42. The summed E-state index contributed by atoms with van der Waals surface area (Å²) in [6.45, 7) is 8.39. The van der Waals surface area contributed by atoms with E-state index in [1.54, 1.807) is 0 Å². The Balaban J connectivity index is 1.94. The van der Waals surface area contributed by atoms with Crippen LogP contribution in [0, 0.1) is 0 Å². The Kier molecular flexibility index (Phi) is 6.32. The maximum absolute atomic E-state index is 5.82. The van der Waals surface area contributed by atoms with Crippen LogP contribution in [0.4, 0.5) is 11.4 Å². The second-order valence-corrected chi connectivity index (χ2v) is 5.42. The molecule has 0 spiro atoms. The first-order valence-electron chi connectivity index (χ1n) is 7.88. The van der Waals surface area contributed by atoms with Gasteiger partial charge < -0.3 is 20.9 Å². The summed E-state index contributed by atoms with van der Waals surface area (Å²) in [5, 5.41) is 0. The molecule has 2 aromatic rings. The van der Waals surface area contributed by atoms with Gasteiger partial charge in [0.2, 0.25) is 0 Å². The molecule has 0 bridgehead atoms. The van der Waals surface area contributed by atoms with Crippen LogP contribution in [0.1, 0.15) is 11.1 Å². The van der Waals surface area contributed by atoms with E-state index in [2.05, 4.69) is 13.2 Å². The Labute approximate surface area is 143 Å². The van der Waals surface area contributed by atoms with Crippen molar-refractivity contribution in [3.05, 3.63) is 72.8 Å². The molecular weight excluding hydrogens is 300 g/mol. The molecule has 24 heavy (non-hydrogen) atoms. The molecule has 4 N–H and O–H groups in total. The summed E-state index contributed by atoms with van der Waals surface area (Å²) >= 11 is 0. The Bertz CT molecular complexity index is 649. The summed E-state index contributed by atoms with van der Waals surface area (Å²) in [6, 6.07) is 11.2. The number of benzene rings is 2. The molecule has 2 aromatic carbocycles. The van der Waals surface area contributed by atoms with E-state index in [1.807, 2.05) is 48.6 Å². The highest BCUT2D eigenvalue weighted by molar-refractivity contribution is 5.49. The van der Waals surface area contributed by atoms with Gasteiger partial charge in [-0.3, -0.25) is 0 Å². The third kappa shape index (κ3) is 4.81. The lowest BCUT2D eigenvalue weighted by atomic mass is 10.1. The Morgan fingerprint density at radius 1 is 0.750 bits per heavy atom. The van der Waals surface area contributed by atoms with Crippen LogP contribution in [0.25, 0.3) is 0 Å². The molecule has 126 valence electrons. The molecule has 0 radical (unpaired) electrons. The minimum Gasteiger partial charge on any atom is -0.490 e. The van der Waals surface area contributed by atoms with Crippen LogP contribution in [0.15, 0.2) is 61.7 Å². The zero-order valence-electron chi connectivity index (χ0n) is 13.8. The molecule has 0 atom stereocenters. The molecule has 0 aromatic heterocycles. The van der Waals surface area contributed by atoms with Crippen LogP contribution in [0.5, 0.6) is 11.5 Å². The number of ether oxygens (including phenoxy) is 2. The van der Waals surface area contributed by atoms with Gasteiger partial charge in [0.05, 0.1) is 0 Å². The van der Waals surface area contributed by atoms with Crippen molar-refractivity contribution in [1.29, 1.82) is 0 Å². The fourth-order valence-corrected chi connectivity index (χ4v) is 2.41. The van der Waals surface area contributed by atoms with E-state index in [9.17, 15) is 0 Å². The quantitative estimate of drug-likeness (QED) is 0.418. The van der Waals surface area contributed by atoms with Gasteiger partial charge in [0.15, 0.2) is 0 Å². The van der Waals surface area contributed by atoms with Crippen molar-refractivity contribution in [2.45, 2.75) is 12.8 Å². The van der Waals surface area contributed by atoms with E-state index in [4.69, 9.17) is 20.9 Å². The van der Waals surface area contributed by atoms with E-state index in [0.29, 0.717) is 37.4 Å². The smallest absolute Gasteiger partial charge is 0.123 e. The maximum Gasteiger partial charge on any atom is 0.123 e. The summed E-state index contributed by atoms with van der Waals surface area (Å²) in [6.07, 6.45) is 5.08. The predicted octanol–water partition coefficient (Wildman–Crippen LogP) is 3.77. The molecule has 0 saturated carbocycles. The molecule has 0 aliphatic heterocycles. The highest BCUT2D eigenvalue weighted by Crippen LogP contribution is 2.24. The lowest BCUT2D eigenvalue weighted by molar-refractivity contribution is 0.215. The van der Waals surface area contributed by atoms with Crippen molar-refractivity contribution in [3.63, 3.8) is 0 Å². The Morgan fingerprint density at radius 3 is 1.54 bits per heavy atom. The average Bonchev–Trinajstić information content (AvgIpc) is 2.55. The molecule has 4 heteroatoms. The number of hydrogen-bond donors (Lipinski definition) is 2. The standard InChI is InChI=1S/C20H24N2O2/c1-3-5-15-13-17(21)7-9-19(15)23-11-12-24-20-10-8-18(22)14-16(20)6-4-2/h3-4,7-10,13-14H,1-2,5-6,11-12,21-22H2. The van der Waals surface area contributed by atoms with Gasteiger partial charge in [-0.05, 0) is 60.4 Å². The van der Waals surface area contributed by atoms with Crippen LogP contribution < -0.4 is 20.9 Å². The lowest BCUT2D eigenvalue weighted by Crippen LogP contribution is -2.11. The summed E-state index contributed by atoms with van der Waals surface area (Å²) < 4.78 is 11.6. The number of nitrogens with two attached hydrogens (primary N) is 2. The van der Waals surface area contributed by atoms with E-state index in [-0.39, 0.29) is 0 Å². The van der Waals surface area contributed by atoms with E-state index < -0.39 is 0 Å². The maximum atomic E-state index is 5.82. The zero-order valence-corrected chi connectivity index (χ0v) is 13.8. The van der Waals surface area contributed by atoms with Crippen LogP contribution in [-0.4, -0.2) is 13.2 Å². The molecule has 4 nitrogen and oxygen atoms in total. The molecule has 2 rings (SSSR count). The Morgan fingerprint density at radius 2 is 1.17 bits per heavy atom. The van der Waals surface area contributed by atoms with Crippen molar-refractivity contribution in [2.75, 3.05) is 24.7 Å². The topological polar surface area (TPSA) is 70.5 Å². The SMILES string of the molecule is C=CCc1cc(N)ccc1OCCOc1ccc(N)cc1CC=C. The summed E-state index contributed by atoms with van der Waals surface area (Å²) in [5.74, 6) is 1.60. The highest BCUT2D eigenvalue weighted by atomic mass is 16.5. The van der Waals surface area contributed by atoms with Gasteiger partial charge in [0.1, 0.15) is 24.7 Å². The van der Waals surface area contributed by atoms with Crippen LogP contribution in [0.2, 0.25) is 0 Å². The number of rotatable bonds is 9. The van der Waals surface area contributed by atoms with Gasteiger partial charge in [0, 0.05) is 11.4 Å². The molecule has 0 aliphatic carbocycles. The van der Waals surface area contributed by atoms with E-state index >= 15 is 0 Å². The van der Waals surface area contributed by atoms with E-state index in [0.717, 1.165) is 22.6 Å². The van der Waals surface area contributed by atoms with Crippen molar-refractivity contribution >= 4 is 11.4 Å². The van der Waals surface area contributed by atoms with Crippen molar-refractivity contribution in [3.8, 4) is 11.5 Å². The molecule has 0 saturated heterocycles. The Hall–Kier alpha value is -2.88. The zero-order chi connectivity index (χ0) is 17.4. The largest absolute Gasteiger partial charge is 0.490 e. The molecule has 0 aliphatic rings. The average molecular weight is 324 g/mol.